The SMILES string of the molecule is Cn1c(-c2ccccc2)c(-c2ccc(N(c3ccc4c(c3)C(C)(C)c3ccccc3-4)c3ccc4c(c3)C(C)(C)c3ccccc3-4)cc2)c2c3ccccc3ccc21. The molecule has 1 heterocycles. The minimum atomic E-state index is -0.107. The van der Waals surface area contributed by atoms with Crippen molar-refractivity contribution in [1.29, 1.82) is 0 Å². The van der Waals surface area contributed by atoms with Crippen molar-refractivity contribution in [3.63, 3.8) is 0 Å². The molecule has 1 aromatic heterocycles. The molecule has 0 radical (unpaired) electrons. The molecular formula is C55H44N2. The largest absolute Gasteiger partial charge is 0.343 e. The Labute approximate surface area is 335 Å². The monoisotopic (exact) mass is 732 g/mol. The van der Waals surface area contributed by atoms with Crippen LogP contribution in [-0.4, -0.2) is 4.57 Å². The zero-order valence-electron chi connectivity index (χ0n) is 33.1. The Kier molecular flexibility index (Phi) is 7.20. The molecule has 0 aliphatic heterocycles. The predicted octanol–water partition coefficient (Wildman–Crippen LogP) is 14.7. The number of fused-ring (bicyclic) bond motifs is 9. The molecule has 0 N–H and O–H groups in total. The van der Waals surface area contributed by atoms with Crippen LogP contribution in [0.3, 0.4) is 0 Å². The van der Waals surface area contributed by atoms with Crippen molar-refractivity contribution >= 4 is 38.7 Å². The lowest BCUT2D eigenvalue weighted by Gasteiger charge is -2.30. The van der Waals surface area contributed by atoms with Crippen molar-refractivity contribution in [2.45, 2.75) is 38.5 Å². The van der Waals surface area contributed by atoms with Gasteiger partial charge in [0.05, 0.1) is 5.69 Å². The molecule has 9 aromatic rings. The molecule has 0 saturated carbocycles. The van der Waals surface area contributed by atoms with Gasteiger partial charge in [-0.15, -0.1) is 0 Å². The number of aromatic nitrogens is 1. The van der Waals surface area contributed by atoms with E-state index in [-0.39, 0.29) is 10.8 Å². The number of benzene rings is 8. The maximum Gasteiger partial charge on any atom is 0.0568 e. The third-order valence-corrected chi connectivity index (χ3v) is 13.2. The second-order valence-corrected chi connectivity index (χ2v) is 17.0. The van der Waals surface area contributed by atoms with Gasteiger partial charge in [-0.25, -0.2) is 0 Å². The van der Waals surface area contributed by atoms with Crippen LogP contribution in [0.15, 0.2) is 176 Å². The molecule has 8 aromatic carbocycles. The summed E-state index contributed by atoms with van der Waals surface area (Å²) in [6.45, 7) is 9.48. The Bertz CT molecular complexity index is 2960. The first-order valence-corrected chi connectivity index (χ1v) is 20.2. The summed E-state index contributed by atoms with van der Waals surface area (Å²) in [7, 11) is 2.21. The van der Waals surface area contributed by atoms with Gasteiger partial charge >= 0.3 is 0 Å². The molecule has 274 valence electrons. The van der Waals surface area contributed by atoms with E-state index >= 15 is 0 Å². The van der Waals surface area contributed by atoms with Crippen LogP contribution < -0.4 is 4.90 Å². The molecule has 0 atom stereocenters. The van der Waals surface area contributed by atoms with Crippen LogP contribution in [0.4, 0.5) is 17.1 Å². The highest BCUT2D eigenvalue weighted by Gasteiger charge is 2.37. The fourth-order valence-corrected chi connectivity index (χ4v) is 10.3. The van der Waals surface area contributed by atoms with Crippen LogP contribution in [0.5, 0.6) is 0 Å². The van der Waals surface area contributed by atoms with Gasteiger partial charge < -0.3 is 9.47 Å². The molecule has 2 heteroatoms. The lowest BCUT2D eigenvalue weighted by Crippen LogP contribution is -2.18. The van der Waals surface area contributed by atoms with Gasteiger partial charge in [-0.05, 0) is 109 Å². The predicted molar refractivity (Wildman–Crippen MR) is 241 cm³/mol. The average Bonchev–Trinajstić information content (AvgIpc) is 3.77. The Balaban J connectivity index is 1.11. The summed E-state index contributed by atoms with van der Waals surface area (Å²) in [4.78, 5) is 2.47. The van der Waals surface area contributed by atoms with Crippen LogP contribution in [0, 0.1) is 0 Å². The molecule has 0 bridgehead atoms. The van der Waals surface area contributed by atoms with Gasteiger partial charge in [0.25, 0.3) is 0 Å². The molecule has 0 amide bonds. The van der Waals surface area contributed by atoms with E-state index in [1.165, 1.54) is 88.6 Å². The maximum atomic E-state index is 2.47. The normalized spacial score (nSPS) is 14.3. The number of nitrogens with zero attached hydrogens (tertiary/aromatic N) is 2. The molecule has 2 nitrogen and oxygen atoms in total. The number of rotatable bonds is 5. The van der Waals surface area contributed by atoms with Crippen LogP contribution >= 0.6 is 0 Å². The number of anilines is 3. The first kappa shape index (κ1) is 33.7. The fraction of sp³-hybridized carbons (Fsp3) is 0.127. The summed E-state index contributed by atoms with van der Waals surface area (Å²) < 4.78 is 2.38. The van der Waals surface area contributed by atoms with Crippen molar-refractivity contribution in [2.24, 2.45) is 7.05 Å². The van der Waals surface area contributed by atoms with Crippen molar-refractivity contribution in [3.8, 4) is 44.6 Å². The highest BCUT2D eigenvalue weighted by atomic mass is 15.1. The van der Waals surface area contributed by atoms with E-state index in [1.807, 2.05) is 0 Å². The second-order valence-electron chi connectivity index (χ2n) is 17.0. The second kappa shape index (κ2) is 12.2. The Morgan fingerprint density at radius 3 is 1.54 bits per heavy atom. The van der Waals surface area contributed by atoms with Gasteiger partial charge in [0, 0.05) is 51.4 Å². The van der Waals surface area contributed by atoms with Crippen LogP contribution in [0.2, 0.25) is 0 Å². The van der Waals surface area contributed by atoms with E-state index in [1.54, 1.807) is 0 Å². The van der Waals surface area contributed by atoms with Gasteiger partial charge in [0.1, 0.15) is 0 Å². The van der Waals surface area contributed by atoms with Gasteiger partial charge in [0.15, 0.2) is 0 Å². The minimum absolute atomic E-state index is 0.107. The molecule has 0 unspecified atom stereocenters. The van der Waals surface area contributed by atoms with Gasteiger partial charge in [-0.1, -0.05) is 161 Å². The zero-order valence-corrected chi connectivity index (χ0v) is 33.1. The molecule has 0 saturated heterocycles. The van der Waals surface area contributed by atoms with E-state index in [9.17, 15) is 0 Å². The van der Waals surface area contributed by atoms with Gasteiger partial charge in [0.2, 0.25) is 0 Å². The lowest BCUT2D eigenvalue weighted by atomic mass is 9.82. The summed E-state index contributed by atoms with van der Waals surface area (Å²) >= 11 is 0. The molecule has 0 fully saturated rings. The molecule has 2 aliphatic carbocycles. The van der Waals surface area contributed by atoms with Crippen LogP contribution in [0.1, 0.15) is 49.9 Å². The summed E-state index contributed by atoms with van der Waals surface area (Å²) in [6, 6.07) is 65.6. The molecule has 2 aliphatic rings. The lowest BCUT2D eigenvalue weighted by molar-refractivity contribution is 0.660. The van der Waals surface area contributed by atoms with Crippen molar-refractivity contribution < 1.29 is 0 Å². The highest BCUT2D eigenvalue weighted by molar-refractivity contribution is 6.17. The molecular weight excluding hydrogens is 689 g/mol. The van der Waals surface area contributed by atoms with Crippen LogP contribution in [0.25, 0.3) is 66.3 Å². The van der Waals surface area contributed by atoms with E-state index < -0.39 is 0 Å². The van der Waals surface area contributed by atoms with Crippen molar-refractivity contribution in [1.82, 2.24) is 4.57 Å². The quantitative estimate of drug-likeness (QED) is 0.171. The van der Waals surface area contributed by atoms with Crippen molar-refractivity contribution in [3.05, 3.63) is 198 Å². The average molecular weight is 733 g/mol. The van der Waals surface area contributed by atoms with Gasteiger partial charge in [-0.3, -0.25) is 0 Å². The third kappa shape index (κ3) is 4.83. The van der Waals surface area contributed by atoms with Crippen LogP contribution in [-0.2, 0) is 17.9 Å². The number of hydrogen-bond acceptors (Lipinski definition) is 1. The minimum Gasteiger partial charge on any atom is -0.343 e. The first-order chi connectivity index (χ1) is 27.7. The van der Waals surface area contributed by atoms with Crippen molar-refractivity contribution in [2.75, 3.05) is 4.90 Å². The standard InChI is InChI=1S/C55H44N2/c1-54(2)46-21-13-11-19-42(46)44-30-28-39(33-48(44)54)57(40-29-31-45-43-20-12-14-22-47(43)55(3,4)49(45)34-40)38-26-23-36(24-27-38)51-52-41-18-10-9-15-35(41)25-32-50(52)56(5)53(51)37-16-7-6-8-17-37/h6-34H,1-5H3. The molecule has 0 spiro atoms. The summed E-state index contributed by atoms with van der Waals surface area (Å²) in [5.74, 6) is 0. The van der Waals surface area contributed by atoms with E-state index in [4.69, 9.17) is 0 Å². The Morgan fingerprint density at radius 1 is 0.421 bits per heavy atom. The summed E-state index contributed by atoms with van der Waals surface area (Å²) in [5, 5.41) is 3.82. The summed E-state index contributed by atoms with van der Waals surface area (Å²) in [6.07, 6.45) is 0. The Morgan fingerprint density at radius 2 is 0.930 bits per heavy atom. The maximum absolute atomic E-state index is 2.47. The third-order valence-electron chi connectivity index (χ3n) is 13.2. The first-order valence-electron chi connectivity index (χ1n) is 20.2. The van der Waals surface area contributed by atoms with Gasteiger partial charge in [-0.2, -0.15) is 0 Å². The fourth-order valence-electron chi connectivity index (χ4n) is 10.3. The molecule has 11 rings (SSSR count). The van der Waals surface area contributed by atoms with E-state index in [2.05, 4.69) is 220 Å². The smallest absolute Gasteiger partial charge is 0.0568 e. The number of aryl methyl sites for hydroxylation is 1. The summed E-state index contributed by atoms with van der Waals surface area (Å²) in [5.41, 5.74) is 20.2. The molecule has 57 heavy (non-hydrogen) atoms. The van der Waals surface area contributed by atoms with E-state index in [0.29, 0.717) is 0 Å². The number of hydrogen-bond donors (Lipinski definition) is 0. The topological polar surface area (TPSA) is 8.17 Å². The Hall–Kier alpha value is -6.64. The van der Waals surface area contributed by atoms with E-state index in [0.717, 1.165) is 17.1 Å². The zero-order chi connectivity index (χ0) is 38.6. The highest BCUT2D eigenvalue weighted by Crippen LogP contribution is 2.53.